The highest BCUT2D eigenvalue weighted by atomic mass is 35.5. The van der Waals surface area contributed by atoms with Crippen LogP contribution in [0.5, 0.6) is 0 Å². The molecule has 6 nitrogen and oxygen atoms in total. The third-order valence-electron chi connectivity index (χ3n) is 6.31. The van der Waals surface area contributed by atoms with Crippen molar-refractivity contribution in [1.82, 2.24) is 15.1 Å². The maximum absolute atomic E-state index is 6.28. The van der Waals surface area contributed by atoms with E-state index < -0.39 is 0 Å². The first-order valence-corrected chi connectivity index (χ1v) is 10.7. The third kappa shape index (κ3) is 4.46. The number of nitrogens with one attached hydrogen (secondary N) is 1. The molecule has 3 fully saturated rings. The minimum absolute atomic E-state index is 0.241. The van der Waals surface area contributed by atoms with Crippen LogP contribution in [0.1, 0.15) is 24.4 Å². The molecule has 3 heterocycles. The molecular weight excluding hydrogens is 376 g/mol. The van der Waals surface area contributed by atoms with Crippen molar-refractivity contribution < 1.29 is 9.47 Å². The van der Waals surface area contributed by atoms with Crippen LogP contribution in [0, 0.1) is 5.41 Å². The molecule has 1 spiro atoms. The van der Waals surface area contributed by atoms with E-state index in [1.807, 2.05) is 19.2 Å². The van der Waals surface area contributed by atoms with Crippen molar-refractivity contribution in [3.05, 3.63) is 34.9 Å². The van der Waals surface area contributed by atoms with Gasteiger partial charge in [0.25, 0.3) is 0 Å². The van der Waals surface area contributed by atoms with Crippen molar-refractivity contribution in [1.29, 1.82) is 0 Å². The SMILES string of the molecule is CN=C(NCC(c1cccc(Cl)c1)N1CCOCC1)N1CCC2(CCOC2)C1. The van der Waals surface area contributed by atoms with E-state index in [0.29, 0.717) is 5.41 Å². The van der Waals surface area contributed by atoms with Gasteiger partial charge in [0.05, 0.1) is 25.9 Å². The number of hydrogen-bond acceptors (Lipinski definition) is 4. The standard InChI is InChI=1S/C21H31ClN4O2/c1-23-20(26-7-5-21(15-26)6-10-28-16-21)24-14-19(25-8-11-27-12-9-25)17-3-2-4-18(22)13-17/h2-4,13,19H,5-12,14-16H2,1H3,(H,23,24). The number of benzene rings is 1. The number of ether oxygens (including phenoxy) is 2. The summed E-state index contributed by atoms with van der Waals surface area (Å²) in [6, 6.07) is 8.45. The molecule has 1 aromatic rings. The van der Waals surface area contributed by atoms with Crippen LogP contribution in [0.2, 0.25) is 5.02 Å². The molecule has 154 valence electrons. The molecule has 2 unspecified atom stereocenters. The third-order valence-corrected chi connectivity index (χ3v) is 6.54. The van der Waals surface area contributed by atoms with Crippen LogP contribution in [0.15, 0.2) is 29.3 Å². The lowest BCUT2D eigenvalue weighted by atomic mass is 9.87. The van der Waals surface area contributed by atoms with Crippen LogP contribution >= 0.6 is 11.6 Å². The number of aliphatic imine (C=N–C) groups is 1. The molecule has 0 aromatic heterocycles. The van der Waals surface area contributed by atoms with E-state index in [4.69, 9.17) is 21.1 Å². The highest BCUT2D eigenvalue weighted by Crippen LogP contribution is 2.38. The lowest BCUT2D eigenvalue weighted by molar-refractivity contribution is 0.0169. The van der Waals surface area contributed by atoms with Gasteiger partial charge in [0, 0.05) is 56.8 Å². The first-order chi connectivity index (χ1) is 13.7. The predicted molar refractivity (Wildman–Crippen MR) is 112 cm³/mol. The van der Waals surface area contributed by atoms with E-state index in [1.165, 1.54) is 18.4 Å². The summed E-state index contributed by atoms with van der Waals surface area (Å²) in [7, 11) is 1.88. The van der Waals surface area contributed by atoms with E-state index in [1.54, 1.807) is 0 Å². The molecular formula is C21H31ClN4O2. The van der Waals surface area contributed by atoms with E-state index in [-0.39, 0.29) is 6.04 Å². The molecule has 3 aliphatic heterocycles. The molecule has 3 aliphatic rings. The Labute approximate surface area is 172 Å². The van der Waals surface area contributed by atoms with E-state index in [9.17, 15) is 0 Å². The Balaban J connectivity index is 1.44. The summed E-state index contributed by atoms with van der Waals surface area (Å²) >= 11 is 6.28. The molecule has 1 N–H and O–H groups in total. The van der Waals surface area contributed by atoms with Gasteiger partial charge in [-0.25, -0.2) is 0 Å². The Hall–Kier alpha value is -1.34. The fraction of sp³-hybridized carbons (Fsp3) is 0.667. The average Bonchev–Trinajstić information content (AvgIpc) is 3.36. The van der Waals surface area contributed by atoms with Gasteiger partial charge in [0.15, 0.2) is 5.96 Å². The minimum atomic E-state index is 0.241. The number of halogens is 1. The van der Waals surface area contributed by atoms with Crippen molar-refractivity contribution in [3.8, 4) is 0 Å². The van der Waals surface area contributed by atoms with Crippen LogP contribution in [-0.4, -0.2) is 82.0 Å². The lowest BCUT2D eigenvalue weighted by Crippen LogP contribution is -2.47. The molecule has 0 saturated carbocycles. The molecule has 0 radical (unpaired) electrons. The van der Waals surface area contributed by atoms with Crippen LogP contribution in [0.3, 0.4) is 0 Å². The summed E-state index contributed by atoms with van der Waals surface area (Å²) in [5, 5.41) is 4.42. The number of nitrogens with zero attached hydrogens (tertiary/aromatic N) is 3. The van der Waals surface area contributed by atoms with Crippen molar-refractivity contribution in [2.45, 2.75) is 18.9 Å². The van der Waals surface area contributed by atoms with Crippen LogP contribution < -0.4 is 5.32 Å². The number of likely N-dealkylation sites (tertiary alicyclic amines) is 1. The molecule has 28 heavy (non-hydrogen) atoms. The average molecular weight is 407 g/mol. The van der Waals surface area contributed by atoms with Crippen molar-refractivity contribution >= 4 is 17.6 Å². The lowest BCUT2D eigenvalue weighted by Gasteiger charge is -2.36. The van der Waals surface area contributed by atoms with Crippen LogP contribution in [0.25, 0.3) is 0 Å². The molecule has 1 aromatic carbocycles. The summed E-state index contributed by atoms with van der Waals surface area (Å²) < 4.78 is 11.2. The summed E-state index contributed by atoms with van der Waals surface area (Å²) in [5.41, 5.74) is 1.56. The first-order valence-electron chi connectivity index (χ1n) is 10.3. The van der Waals surface area contributed by atoms with Gasteiger partial charge in [-0.2, -0.15) is 0 Å². The minimum Gasteiger partial charge on any atom is -0.381 e. The largest absolute Gasteiger partial charge is 0.381 e. The molecule has 0 amide bonds. The fourth-order valence-corrected chi connectivity index (χ4v) is 4.87. The monoisotopic (exact) mass is 406 g/mol. The predicted octanol–water partition coefficient (Wildman–Crippen LogP) is 2.40. The van der Waals surface area contributed by atoms with Gasteiger partial charge in [0.1, 0.15) is 0 Å². The van der Waals surface area contributed by atoms with Gasteiger partial charge < -0.3 is 19.7 Å². The Morgan fingerprint density at radius 2 is 2.07 bits per heavy atom. The Morgan fingerprint density at radius 1 is 1.21 bits per heavy atom. The van der Waals surface area contributed by atoms with Gasteiger partial charge in [-0.05, 0) is 30.5 Å². The zero-order valence-corrected chi connectivity index (χ0v) is 17.5. The molecule has 0 bridgehead atoms. The maximum atomic E-state index is 6.28. The van der Waals surface area contributed by atoms with Gasteiger partial charge in [-0.1, -0.05) is 23.7 Å². The van der Waals surface area contributed by atoms with E-state index in [2.05, 4.69) is 32.2 Å². The molecule has 7 heteroatoms. The second kappa shape index (κ2) is 8.99. The van der Waals surface area contributed by atoms with Gasteiger partial charge >= 0.3 is 0 Å². The number of rotatable bonds is 4. The maximum Gasteiger partial charge on any atom is 0.193 e. The van der Waals surface area contributed by atoms with Crippen LogP contribution in [0.4, 0.5) is 0 Å². The molecule has 3 saturated heterocycles. The van der Waals surface area contributed by atoms with E-state index in [0.717, 1.165) is 70.1 Å². The zero-order chi connectivity index (χ0) is 19.4. The summed E-state index contributed by atoms with van der Waals surface area (Å²) in [6.07, 6.45) is 2.36. The van der Waals surface area contributed by atoms with Crippen LogP contribution in [-0.2, 0) is 9.47 Å². The number of guanidine groups is 1. The smallest absolute Gasteiger partial charge is 0.193 e. The topological polar surface area (TPSA) is 49.3 Å². The van der Waals surface area contributed by atoms with Crippen molar-refractivity contribution in [3.63, 3.8) is 0 Å². The summed E-state index contributed by atoms with van der Waals surface area (Å²) in [5.74, 6) is 0.990. The Bertz CT molecular complexity index is 687. The quantitative estimate of drug-likeness (QED) is 0.614. The fourth-order valence-electron chi connectivity index (χ4n) is 4.67. The van der Waals surface area contributed by atoms with Gasteiger partial charge in [-0.3, -0.25) is 9.89 Å². The molecule has 0 aliphatic carbocycles. The zero-order valence-electron chi connectivity index (χ0n) is 16.7. The van der Waals surface area contributed by atoms with E-state index >= 15 is 0 Å². The molecule has 4 rings (SSSR count). The second-order valence-corrected chi connectivity index (χ2v) is 8.56. The van der Waals surface area contributed by atoms with Crippen molar-refractivity contribution in [2.75, 3.05) is 66.2 Å². The van der Waals surface area contributed by atoms with Gasteiger partial charge in [0.2, 0.25) is 0 Å². The highest BCUT2D eigenvalue weighted by Gasteiger charge is 2.42. The summed E-state index contributed by atoms with van der Waals surface area (Å²) in [4.78, 5) is 9.44. The Kier molecular flexibility index (Phi) is 6.41. The summed E-state index contributed by atoms with van der Waals surface area (Å²) in [6.45, 7) is 8.08. The first kappa shape index (κ1) is 20.0. The highest BCUT2D eigenvalue weighted by molar-refractivity contribution is 6.30. The van der Waals surface area contributed by atoms with Crippen molar-refractivity contribution in [2.24, 2.45) is 10.4 Å². The second-order valence-electron chi connectivity index (χ2n) is 8.12. The van der Waals surface area contributed by atoms with Gasteiger partial charge in [-0.15, -0.1) is 0 Å². The number of hydrogen-bond donors (Lipinski definition) is 1. The molecule has 2 atom stereocenters. The normalized spacial score (nSPS) is 27.5. The number of morpholine rings is 1. The Morgan fingerprint density at radius 3 is 2.79 bits per heavy atom.